The first-order chi connectivity index (χ1) is 10.0. The average Bonchev–Trinajstić information content (AvgIpc) is 2.93. The van der Waals surface area contributed by atoms with Crippen molar-refractivity contribution in [2.24, 2.45) is 5.92 Å². The highest BCUT2D eigenvalue weighted by Crippen LogP contribution is 2.46. The van der Waals surface area contributed by atoms with Crippen LogP contribution >= 0.6 is 7.94 Å². The number of imidazole rings is 1. The number of aromatic amines is 1. The van der Waals surface area contributed by atoms with Gasteiger partial charge in [0.1, 0.15) is 18.0 Å². The molecule has 1 aliphatic rings. The summed E-state index contributed by atoms with van der Waals surface area (Å²) >= 11 is 0. The zero-order valence-corrected chi connectivity index (χ0v) is 12.4. The summed E-state index contributed by atoms with van der Waals surface area (Å²) in [5, 5.41) is 0. The number of nitrogens with one attached hydrogen (secondary N) is 1. The zero-order chi connectivity index (χ0) is 14.9. The highest BCUT2D eigenvalue weighted by Gasteiger charge is 2.32. The van der Waals surface area contributed by atoms with Gasteiger partial charge in [-0.1, -0.05) is 0 Å². The Balaban J connectivity index is 1.62. The Morgan fingerprint density at radius 2 is 1.95 bits per heavy atom. The maximum absolute atomic E-state index is 9.06. The smallest absolute Gasteiger partial charge is 0.355 e. The van der Waals surface area contributed by atoms with Crippen molar-refractivity contribution >= 4 is 24.9 Å². The van der Waals surface area contributed by atoms with Crippen molar-refractivity contribution in [1.29, 1.82) is 0 Å². The predicted octanol–water partition coefficient (Wildman–Crippen LogP) is 0.699. The first-order valence-electron chi connectivity index (χ1n) is 6.98. The first-order valence-corrected chi connectivity index (χ1v) is 8.81. The average molecular weight is 312 g/mol. The van der Waals surface area contributed by atoms with Crippen molar-refractivity contribution < 1.29 is 14.7 Å². The third kappa shape index (κ3) is 3.47. The Morgan fingerprint density at radius 3 is 2.67 bits per heavy atom. The summed E-state index contributed by atoms with van der Waals surface area (Å²) in [6, 6.07) is 0. The number of H-pyrrole nitrogens is 1. The molecule has 0 amide bonds. The minimum Gasteiger partial charge on any atom is -0.355 e. The summed E-state index contributed by atoms with van der Waals surface area (Å²) in [7, 11) is -3.63. The van der Waals surface area contributed by atoms with Gasteiger partial charge < -0.3 is 9.88 Å². The van der Waals surface area contributed by atoms with Crippen LogP contribution in [0.15, 0.2) is 12.7 Å². The first kappa shape index (κ1) is 14.6. The van der Waals surface area contributed by atoms with E-state index in [4.69, 9.17) is 14.7 Å². The van der Waals surface area contributed by atoms with Crippen LogP contribution in [0.5, 0.6) is 0 Å². The maximum atomic E-state index is 9.06. The molecule has 1 saturated heterocycles. The molecule has 0 atom stereocenters. The molecule has 0 unspecified atom stereocenters. The highest BCUT2D eigenvalue weighted by molar-refractivity contribution is 7.58. The molecule has 3 rings (SSSR count). The van der Waals surface area contributed by atoms with Crippen molar-refractivity contribution in [1.82, 2.24) is 19.9 Å². The van der Waals surface area contributed by atoms with Crippen molar-refractivity contribution in [3.63, 3.8) is 0 Å². The Labute approximate surface area is 122 Å². The van der Waals surface area contributed by atoms with Gasteiger partial charge in [-0.2, -0.15) is 14.7 Å². The van der Waals surface area contributed by atoms with E-state index in [0.29, 0.717) is 18.0 Å². The van der Waals surface area contributed by atoms with Crippen LogP contribution in [0.1, 0.15) is 19.3 Å². The molecule has 0 aromatic carbocycles. The van der Waals surface area contributed by atoms with Crippen LogP contribution in [0.4, 0.5) is 5.82 Å². The molecular weight excluding hydrogens is 293 g/mol. The molecule has 0 aliphatic carbocycles. The van der Waals surface area contributed by atoms with E-state index in [1.807, 2.05) is 0 Å². The number of hydrogen-bond acceptors (Lipinski definition) is 7. The van der Waals surface area contributed by atoms with Gasteiger partial charge >= 0.3 is 7.94 Å². The molecule has 2 aromatic heterocycles. The van der Waals surface area contributed by atoms with Gasteiger partial charge in [-0.15, -0.1) is 0 Å². The van der Waals surface area contributed by atoms with Gasteiger partial charge in [0.2, 0.25) is 0 Å². The topological polar surface area (TPSA) is 118 Å². The summed E-state index contributed by atoms with van der Waals surface area (Å²) in [5.74, 6) is 1.27. The molecule has 3 heterocycles. The molecule has 0 radical (unpaired) electrons. The number of nitrogens with zero attached hydrogens (tertiary/aromatic N) is 4. The van der Waals surface area contributed by atoms with E-state index in [0.717, 1.165) is 37.3 Å². The molecule has 9 heteroatoms. The number of piperidine rings is 1. The summed E-state index contributed by atoms with van der Waals surface area (Å²) in [6.07, 6.45) is 5.76. The lowest BCUT2D eigenvalue weighted by molar-refractivity contribution is 0.316. The van der Waals surface area contributed by atoms with E-state index in [1.165, 1.54) is 6.33 Å². The van der Waals surface area contributed by atoms with Gasteiger partial charge in [-0.3, -0.25) is 0 Å². The number of aromatic nitrogens is 4. The summed E-state index contributed by atoms with van der Waals surface area (Å²) in [4.78, 5) is 45.0. The summed E-state index contributed by atoms with van der Waals surface area (Å²) < 4.78 is 0. The van der Waals surface area contributed by atoms with E-state index >= 15 is 0 Å². The molecule has 4 N–H and O–H groups in total. The van der Waals surface area contributed by atoms with Crippen LogP contribution in [-0.4, -0.2) is 53.9 Å². The Hall–Kier alpha value is -1.34. The lowest BCUT2D eigenvalue weighted by Crippen LogP contribution is -2.34. The lowest BCUT2D eigenvalue weighted by atomic mass is 9.94. The zero-order valence-electron chi connectivity index (χ0n) is 11.6. The van der Waals surface area contributed by atoms with Crippen LogP contribution in [0, 0.1) is 5.92 Å². The molecule has 1 fully saturated rings. The van der Waals surface area contributed by atoms with E-state index in [1.54, 1.807) is 6.33 Å². The van der Waals surface area contributed by atoms with Crippen LogP contribution in [0.25, 0.3) is 11.2 Å². The van der Waals surface area contributed by atoms with Crippen LogP contribution in [-0.2, 0) is 0 Å². The van der Waals surface area contributed by atoms with Crippen LogP contribution < -0.4 is 4.90 Å². The molecular formula is C12H19N5O3P+. The lowest BCUT2D eigenvalue weighted by Gasteiger charge is -2.32. The summed E-state index contributed by atoms with van der Waals surface area (Å²) in [5.41, 5.74) is 1.51. The number of anilines is 1. The minimum absolute atomic E-state index is 0.0932. The number of rotatable bonds is 4. The normalized spacial score (nSPS) is 17.6. The quantitative estimate of drug-likeness (QED) is 0.614. The molecule has 2 aromatic rings. The van der Waals surface area contributed by atoms with E-state index in [2.05, 4.69) is 24.8 Å². The minimum atomic E-state index is -3.63. The largest absolute Gasteiger partial charge is 0.403 e. The molecule has 8 nitrogen and oxygen atoms in total. The number of hydrogen-bond donors (Lipinski definition) is 4. The highest BCUT2D eigenvalue weighted by atomic mass is 31.2. The SMILES string of the molecule is O[P+](O)(O)CCC1CCN(c2ncnc3nc[nH]c23)CC1. The Morgan fingerprint density at radius 1 is 1.19 bits per heavy atom. The molecule has 0 bridgehead atoms. The fourth-order valence-electron chi connectivity index (χ4n) is 2.78. The predicted molar refractivity (Wildman–Crippen MR) is 79.7 cm³/mol. The summed E-state index contributed by atoms with van der Waals surface area (Å²) in [6.45, 7) is 1.70. The van der Waals surface area contributed by atoms with Gasteiger partial charge in [0, 0.05) is 13.1 Å². The van der Waals surface area contributed by atoms with Crippen molar-refractivity contribution in [3.05, 3.63) is 12.7 Å². The van der Waals surface area contributed by atoms with Crippen molar-refractivity contribution in [2.45, 2.75) is 19.3 Å². The molecule has 1 aliphatic heterocycles. The number of fused-ring (bicyclic) bond motifs is 1. The van der Waals surface area contributed by atoms with Crippen molar-refractivity contribution in [3.8, 4) is 0 Å². The third-order valence-electron chi connectivity index (χ3n) is 3.95. The molecule has 0 spiro atoms. The van der Waals surface area contributed by atoms with E-state index < -0.39 is 7.94 Å². The molecule has 21 heavy (non-hydrogen) atoms. The van der Waals surface area contributed by atoms with E-state index in [9.17, 15) is 0 Å². The van der Waals surface area contributed by atoms with Crippen LogP contribution in [0.2, 0.25) is 0 Å². The van der Waals surface area contributed by atoms with Gasteiger partial charge in [0.05, 0.1) is 6.33 Å². The van der Waals surface area contributed by atoms with E-state index in [-0.39, 0.29) is 6.16 Å². The van der Waals surface area contributed by atoms with Gasteiger partial charge in [0.25, 0.3) is 0 Å². The van der Waals surface area contributed by atoms with Crippen molar-refractivity contribution in [2.75, 3.05) is 24.2 Å². The fraction of sp³-hybridized carbons (Fsp3) is 0.583. The second kappa shape index (κ2) is 5.81. The second-order valence-electron chi connectivity index (χ2n) is 5.43. The molecule has 0 saturated carbocycles. The monoisotopic (exact) mass is 312 g/mol. The van der Waals surface area contributed by atoms with Gasteiger partial charge in [-0.05, 0) is 25.2 Å². The fourth-order valence-corrected chi connectivity index (χ4v) is 3.49. The van der Waals surface area contributed by atoms with Crippen LogP contribution in [0.3, 0.4) is 0 Å². The third-order valence-corrected chi connectivity index (χ3v) is 4.81. The Kier molecular flexibility index (Phi) is 4.03. The maximum Gasteiger partial charge on any atom is 0.403 e. The molecule has 114 valence electrons. The standard InChI is InChI=1S/C12H19N5O3P/c18-21(19,20)6-3-9-1-4-17(5-2-9)12-10-11(14-7-13-10)15-8-16-12/h7-9,18-20H,1-6H2,(H,13,14,15,16)/q+1. The van der Waals surface area contributed by atoms with Gasteiger partial charge in [-0.25, -0.2) is 15.0 Å². The Bertz CT molecular complexity index is 606. The second-order valence-corrected chi connectivity index (χ2v) is 7.27. The van der Waals surface area contributed by atoms with Gasteiger partial charge in [0.15, 0.2) is 11.5 Å².